The molecule has 2 aromatic heterocycles. The number of halogens is 3. The Kier molecular flexibility index (Phi) is 14.2. The Bertz CT molecular complexity index is 2870. The minimum atomic E-state index is -5.82. The van der Waals surface area contributed by atoms with Crippen LogP contribution in [-0.4, -0.2) is 53.7 Å². The molecule has 0 radical (unpaired) electrons. The lowest BCUT2D eigenvalue weighted by Gasteiger charge is -2.24. The van der Waals surface area contributed by atoms with E-state index in [-0.39, 0.29) is 30.4 Å². The largest absolute Gasteiger partial charge is 0.534 e. The van der Waals surface area contributed by atoms with Crippen molar-refractivity contribution in [2.45, 2.75) is 108 Å². The monoisotopic (exact) mass is 914 g/mol. The van der Waals surface area contributed by atoms with Gasteiger partial charge in [0.15, 0.2) is 23.0 Å². The second kappa shape index (κ2) is 19.8. The average Bonchev–Trinajstić information content (AvgIpc) is 3.57. The third-order valence-electron chi connectivity index (χ3n) is 12.6. The first kappa shape index (κ1) is 46.6. The highest BCUT2D eigenvalue weighted by Crippen LogP contribution is 2.51. The summed E-state index contributed by atoms with van der Waals surface area (Å²) >= 11 is 0. The molecule has 1 N–H and O–H groups in total. The highest BCUT2D eigenvalue weighted by Gasteiger charge is 2.49. The standard InChI is InChI=1S/C24H24F3NO4S.C23H25NO2.2CO2/c1-15-10-11-17-19(14-15)28-12-13-31-23-18(22(28)21(17)16-6-3-2-4-7-16)8-5-9-20(23)32-33(29,30)24(25,26)27;1-15-10-11-17-19(14-15)24-12-13-26-23-18(8-5-9-20(23)25)22(24)21(17)16-6-3-2-4-7-16;2*2-1-3/h5,8-11,14,16H,2-4,6-7,12-13H2,1H3;5,8-11,14,16,25H,2-4,6-7,12-13H2,1H3;;. The number of phenolic OH excluding ortho intramolecular Hbond substituents is 1. The van der Waals surface area contributed by atoms with E-state index in [9.17, 15) is 26.7 Å². The van der Waals surface area contributed by atoms with E-state index in [1.807, 2.05) is 13.0 Å². The maximum atomic E-state index is 13.0. The first-order chi connectivity index (χ1) is 31.2. The molecule has 4 heterocycles. The van der Waals surface area contributed by atoms with Crippen molar-refractivity contribution in [3.05, 3.63) is 95.1 Å². The van der Waals surface area contributed by atoms with Gasteiger partial charge in [-0.15, -0.1) is 0 Å². The molecule has 0 amide bonds. The number of fused-ring (bicyclic) bond motifs is 10. The van der Waals surface area contributed by atoms with E-state index in [1.165, 1.54) is 78.4 Å². The third kappa shape index (κ3) is 9.43. The van der Waals surface area contributed by atoms with Gasteiger partial charge in [-0.05, 0) is 110 Å². The molecule has 0 atom stereocenters. The Labute approximate surface area is 374 Å². The van der Waals surface area contributed by atoms with Gasteiger partial charge in [-0.2, -0.15) is 40.8 Å². The van der Waals surface area contributed by atoms with Gasteiger partial charge in [0.1, 0.15) is 13.2 Å². The number of hydrogen-bond donors (Lipinski definition) is 1. The van der Waals surface area contributed by atoms with Crippen LogP contribution in [0, 0.1) is 13.8 Å². The first-order valence-electron chi connectivity index (χ1n) is 21.7. The van der Waals surface area contributed by atoms with Gasteiger partial charge in [0, 0.05) is 32.9 Å². The van der Waals surface area contributed by atoms with Crippen molar-refractivity contribution in [2.75, 3.05) is 13.2 Å². The molecule has 4 aliphatic rings. The van der Waals surface area contributed by atoms with E-state index < -0.39 is 21.4 Å². The summed E-state index contributed by atoms with van der Waals surface area (Å²) in [5.41, 5.74) is 5.59. The van der Waals surface area contributed by atoms with E-state index >= 15 is 0 Å². The van der Waals surface area contributed by atoms with E-state index in [1.54, 1.807) is 12.1 Å². The summed E-state index contributed by atoms with van der Waals surface area (Å²) in [5, 5.41) is 12.9. The summed E-state index contributed by atoms with van der Waals surface area (Å²) in [6.45, 7) is 6.24. The van der Waals surface area contributed by atoms with E-state index in [0.717, 1.165) is 65.5 Å². The summed E-state index contributed by atoms with van der Waals surface area (Å²) in [4.78, 5) is 32.5. The zero-order chi connectivity index (χ0) is 46.5. The second-order valence-electron chi connectivity index (χ2n) is 16.7. The van der Waals surface area contributed by atoms with Crippen LogP contribution >= 0.6 is 0 Å². The number of hydrogen-bond acceptors (Lipinski definition) is 10. The zero-order valence-corrected chi connectivity index (χ0v) is 36.9. The van der Waals surface area contributed by atoms with E-state index in [2.05, 4.69) is 62.7 Å². The SMILES string of the molecule is Cc1ccc2c(C3CCCCC3)c3n(c2c1)CCOc1c(O)cccc1-3.Cc1ccc2c(C3CCCCC3)c3n(c2c1)CCOc1c(OS(=O)(=O)C(F)(F)F)cccc1-3.O=C=O.O=C=O. The molecule has 2 aliphatic carbocycles. The number of alkyl halides is 3. The number of ether oxygens (including phenoxy) is 2. The fraction of sp³-hybridized carbons (Fsp3) is 0.388. The Morgan fingerprint density at radius 2 is 1.08 bits per heavy atom. The predicted octanol–water partition coefficient (Wildman–Crippen LogP) is 10.9. The topological polar surface area (TPSA) is 160 Å². The summed E-state index contributed by atoms with van der Waals surface area (Å²) in [5.74, 6) is 1.37. The molecule has 2 saturated carbocycles. The van der Waals surface area contributed by atoms with Crippen molar-refractivity contribution < 1.29 is 59.5 Å². The number of benzene rings is 4. The van der Waals surface area contributed by atoms with Crippen LogP contribution in [0.4, 0.5) is 13.2 Å². The van der Waals surface area contributed by atoms with Crippen molar-refractivity contribution in [1.29, 1.82) is 0 Å². The normalized spacial score (nSPS) is 16.0. The fourth-order valence-corrected chi connectivity index (χ4v) is 10.5. The van der Waals surface area contributed by atoms with Crippen molar-refractivity contribution >= 4 is 44.2 Å². The number of aromatic hydroxyl groups is 1. The lowest BCUT2D eigenvalue weighted by atomic mass is 9.81. The highest BCUT2D eigenvalue weighted by atomic mass is 32.2. The predicted molar refractivity (Wildman–Crippen MR) is 234 cm³/mol. The molecule has 4 aromatic carbocycles. The molecular weight excluding hydrogens is 866 g/mol. The average molecular weight is 915 g/mol. The summed E-state index contributed by atoms with van der Waals surface area (Å²) in [6.07, 6.45) is 12.5. The lowest BCUT2D eigenvalue weighted by Crippen LogP contribution is -2.28. The molecule has 65 heavy (non-hydrogen) atoms. The number of rotatable bonds is 4. The van der Waals surface area contributed by atoms with Crippen molar-refractivity contribution in [2.24, 2.45) is 0 Å². The van der Waals surface area contributed by atoms with Gasteiger partial charge in [-0.1, -0.05) is 74.9 Å². The van der Waals surface area contributed by atoms with Gasteiger partial charge in [-0.3, -0.25) is 0 Å². The molecule has 6 aromatic rings. The number of para-hydroxylation sites is 2. The van der Waals surface area contributed by atoms with E-state index in [0.29, 0.717) is 36.3 Å². The molecule has 0 saturated heterocycles. The molecule has 2 fully saturated rings. The maximum Gasteiger partial charge on any atom is 0.534 e. The number of aryl methyl sites for hydroxylation is 2. The van der Waals surface area contributed by atoms with Crippen LogP contribution in [0.25, 0.3) is 44.3 Å². The Balaban J connectivity index is 0.000000177. The highest BCUT2D eigenvalue weighted by molar-refractivity contribution is 7.88. The van der Waals surface area contributed by atoms with E-state index in [4.69, 9.17) is 28.7 Å². The van der Waals surface area contributed by atoms with Crippen LogP contribution in [0.2, 0.25) is 0 Å². The van der Waals surface area contributed by atoms with Crippen molar-refractivity contribution in [3.63, 3.8) is 0 Å². The summed E-state index contributed by atoms with van der Waals surface area (Å²) in [6, 6.07) is 23.4. The molecule has 10 rings (SSSR count). The summed E-state index contributed by atoms with van der Waals surface area (Å²) < 4.78 is 83.3. The molecular formula is C49H49F3N2O10S. The van der Waals surface area contributed by atoms with Crippen molar-refractivity contribution in [1.82, 2.24) is 9.13 Å². The van der Waals surface area contributed by atoms with Crippen LogP contribution in [0.1, 0.15) is 98.3 Å². The molecule has 16 heteroatoms. The van der Waals surface area contributed by atoms with Crippen LogP contribution in [0.15, 0.2) is 72.8 Å². The van der Waals surface area contributed by atoms with Gasteiger partial charge in [-0.25, -0.2) is 0 Å². The molecule has 12 nitrogen and oxygen atoms in total. The van der Waals surface area contributed by atoms with Gasteiger partial charge in [0.2, 0.25) is 0 Å². The second-order valence-corrected chi connectivity index (χ2v) is 18.2. The minimum Gasteiger partial charge on any atom is -0.504 e. The minimum absolute atomic E-state index is 0.0284. The van der Waals surface area contributed by atoms with Gasteiger partial charge in [0.25, 0.3) is 0 Å². The number of carbonyl (C=O) groups excluding carboxylic acids is 4. The molecule has 342 valence electrons. The van der Waals surface area contributed by atoms with Gasteiger partial charge < -0.3 is 27.9 Å². The van der Waals surface area contributed by atoms with Crippen LogP contribution in [0.5, 0.6) is 23.0 Å². The van der Waals surface area contributed by atoms with Gasteiger partial charge in [0.05, 0.1) is 24.5 Å². The molecule has 0 spiro atoms. The fourth-order valence-electron chi connectivity index (χ4n) is 10.1. The maximum absolute atomic E-state index is 13.0. The number of phenols is 1. The van der Waals surface area contributed by atoms with Crippen molar-refractivity contribution in [3.8, 4) is 45.5 Å². The number of aromatic nitrogens is 2. The Morgan fingerprint density at radius 3 is 1.54 bits per heavy atom. The Hall–Kier alpha value is -6.34. The van der Waals surface area contributed by atoms with Gasteiger partial charge >= 0.3 is 27.9 Å². The summed E-state index contributed by atoms with van der Waals surface area (Å²) in [7, 11) is -5.82. The number of nitrogens with zero attached hydrogens (tertiary/aromatic N) is 2. The molecule has 0 unspecified atom stereocenters. The lowest BCUT2D eigenvalue weighted by molar-refractivity contribution is -0.193. The zero-order valence-electron chi connectivity index (χ0n) is 36.0. The third-order valence-corrected chi connectivity index (χ3v) is 13.6. The van der Waals surface area contributed by atoms with Crippen LogP contribution in [0.3, 0.4) is 0 Å². The smallest absolute Gasteiger partial charge is 0.504 e. The van der Waals surface area contributed by atoms with Crippen LogP contribution < -0.4 is 13.7 Å². The first-order valence-corrected chi connectivity index (χ1v) is 23.1. The quantitative estimate of drug-likeness (QED) is 0.133. The van der Waals surface area contributed by atoms with Crippen LogP contribution in [-0.2, 0) is 42.4 Å². The molecule has 0 bridgehead atoms. The molecule has 2 aliphatic heterocycles. The Morgan fingerprint density at radius 1 is 0.646 bits per heavy atom.